The number of piperidine rings is 2. The van der Waals surface area contributed by atoms with Crippen LogP contribution in [0.4, 0.5) is 10.1 Å². The summed E-state index contributed by atoms with van der Waals surface area (Å²) >= 11 is 1.75. The highest BCUT2D eigenvalue weighted by Gasteiger charge is 2.28. The Morgan fingerprint density at radius 2 is 1.77 bits per heavy atom. The molecule has 3 aromatic rings. The molecule has 2 aromatic carbocycles. The number of aromatic amines is 1. The van der Waals surface area contributed by atoms with E-state index in [2.05, 4.69) is 42.5 Å². The highest BCUT2D eigenvalue weighted by molar-refractivity contribution is 7.99. The zero-order valence-corrected chi connectivity index (χ0v) is 27.9. The van der Waals surface area contributed by atoms with Crippen molar-refractivity contribution in [2.45, 2.75) is 68.7 Å². The van der Waals surface area contributed by atoms with E-state index in [-0.39, 0.29) is 23.2 Å². The normalized spacial score (nSPS) is 21.4. The van der Waals surface area contributed by atoms with Crippen LogP contribution in [0.1, 0.15) is 55.5 Å². The fourth-order valence-electron chi connectivity index (χ4n) is 7.06. The molecule has 3 saturated heterocycles. The van der Waals surface area contributed by atoms with Crippen LogP contribution in [0, 0.1) is 11.7 Å². The number of nitrogens with zero attached hydrogens (tertiary/aromatic N) is 3. The Kier molecular flexibility index (Phi) is 10.3. The van der Waals surface area contributed by atoms with Gasteiger partial charge in [-0.25, -0.2) is 9.37 Å². The third-order valence-electron chi connectivity index (χ3n) is 9.91. The van der Waals surface area contributed by atoms with Gasteiger partial charge in [-0.15, -0.1) is 0 Å². The van der Waals surface area contributed by atoms with Crippen LogP contribution in [0.25, 0.3) is 10.9 Å². The Bertz CT molecular complexity index is 1710. The van der Waals surface area contributed by atoms with Gasteiger partial charge in [0.25, 0.3) is 5.56 Å². The lowest BCUT2D eigenvalue weighted by atomic mass is 9.98. The number of ether oxygens (including phenoxy) is 2. The molecule has 4 aliphatic rings. The molecule has 0 radical (unpaired) electrons. The fraction of sp³-hybridized carbons (Fsp3) is 0.543. The number of halogens is 1. The van der Waals surface area contributed by atoms with Gasteiger partial charge in [-0.1, -0.05) is 6.07 Å². The minimum atomic E-state index is -0.611. The van der Waals surface area contributed by atoms with Crippen molar-refractivity contribution < 1.29 is 23.5 Å². The third kappa shape index (κ3) is 8.02. The minimum absolute atomic E-state index is 0.0269. The van der Waals surface area contributed by atoms with Crippen LogP contribution in [0.15, 0.2) is 35.1 Å². The van der Waals surface area contributed by atoms with Crippen LogP contribution in [-0.4, -0.2) is 88.9 Å². The highest BCUT2D eigenvalue weighted by atomic mass is 32.2. The van der Waals surface area contributed by atoms with Crippen LogP contribution in [0.3, 0.4) is 0 Å². The molecule has 1 unspecified atom stereocenters. The molecular weight excluding hydrogens is 635 g/mol. The molecule has 0 saturated carbocycles. The molecular formula is C35H43FN6O5S. The number of hydrogen-bond acceptors (Lipinski definition) is 10. The molecule has 2 amide bonds. The molecule has 256 valence electrons. The van der Waals surface area contributed by atoms with E-state index < -0.39 is 11.4 Å². The number of carbonyl (C=O) groups excluding carboxylic acids is 2. The largest absolute Gasteiger partial charge is 0.493 e. The number of amides is 2. The SMILES string of the molecule is O=C1CCC(Nc2ccc3c(c2)CN(CCN2CCC(COc4cc(F)c5c(=O)[nH]c(CSC6CCOCC6)nc5c4)CC2)C3)C(=O)N1. The first kappa shape index (κ1) is 33.0. The molecule has 0 aliphatic carbocycles. The van der Waals surface area contributed by atoms with E-state index in [9.17, 15) is 18.8 Å². The second-order valence-electron chi connectivity index (χ2n) is 13.4. The molecule has 13 heteroatoms. The van der Waals surface area contributed by atoms with Gasteiger partial charge in [-0.3, -0.25) is 24.6 Å². The number of likely N-dealkylation sites (tertiary alicyclic amines) is 1. The van der Waals surface area contributed by atoms with E-state index in [0.29, 0.717) is 53.5 Å². The maximum Gasteiger partial charge on any atom is 0.261 e. The van der Waals surface area contributed by atoms with Gasteiger partial charge in [0.1, 0.15) is 28.8 Å². The number of carbonyl (C=O) groups is 2. The molecule has 3 N–H and O–H groups in total. The Balaban J connectivity index is 0.852. The Morgan fingerprint density at radius 1 is 0.979 bits per heavy atom. The van der Waals surface area contributed by atoms with Gasteiger partial charge >= 0.3 is 0 Å². The van der Waals surface area contributed by atoms with E-state index in [1.165, 1.54) is 17.2 Å². The van der Waals surface area contributed by atoms with E-state index >= 15 is 0 Å². The first-order chi connectivity index (χ1) is 23.4. The van der Waals surface area contributed by atoms with Crippen molar-refractivity contribution in [3.05, 3.63) is 63.5 Å². The molecule has 7 rings (SSSR count). The van der Waals surface area contributed by atoms with Crippen molar-refractivity contribution in [1.29, 1.82) is 0 Å². The first-order valence-electron chi connectivity index (χ1n) is 17.1. The topological polar surface area (TPSA) is 129 Å². The number of benzene rings is 2. The smallest absolute Gasteiger partial charge is 0.261 e. The second kappa shape index (κ2) is 14.9. The molecule has 1 aromatic heterocycles. The molecule has 0 spiro atoms. The van der Waals surface area contributed by atoms with Gasteiger partial charge in [-0.2, -0.15) is 11.8 Å². The molecule has 0 bridgehead atoms. The summed E-state index contributed by atoms with van der Waals surface area (Å²) in [4.78, 5) is 48.6. The van der Waals surface area contributed by atoms with Crippen molar-refractivity contribution >= 4 is 40.2 Å². The first-order valence-corrected chi connectivity index (χ1v) is 18.1. The van der Waals surface area contributed by atoms with Crippen molar-refractivity contribution in [3.8, 4) is 5.75 Å². The molecule has 11 nitrogen and oxygen atoms in total. The third-order valence-corrected chi connectivity index (χ3v) is 11.3. The number of anilines is 1. The average molecular weight is 679 g/mol. The number of nitrogens with one attached hydrogen (secondary N) is 3. The Morgan fingerprint density at radius 3 is 2.58 bits per heavy atom. The van der Waals surface area contributed by atoms with Crippen LogP contribution in [0.2, 0.25) is 0 Å². The van der Waals surface area contributed by atoms with Gasteiger partial charge in [0, 0.05) is 68.9 Å². The predicted molar refractivity (Wildman–Crippen MR) is 182 cm³/mol. The maximum atomic E-state index is 15.0. The number of hydrogen-bond donors (Lipinski definition) is 3. The van der Waals surface area contributed by atoms with Gasteiger partial charge in [0.05, 0.1) is 17.9 Å². The van der Waals surface area contributed by atoms with E-state index in [0.717, 1.165) is 83.9 Å². The lowest BCUT2D eigenvalue weighted by Crippen LogP contribution is -2.47. The average Bonchev–Trinajstić information content (AvgIpc) is 3.50. The summed E-state index contributed by atoms with van der Waals surface area (Å²) in [7, 11) is 0. The summed E-state index contributed by atoms with van der Waals surface area (Å²) in [5.74, 6) is 0.832. The summed E-state index contributed by atoms with van der Waals surface area (Å²) in [6, 6.07) is 8.89. The van der Waals surface area contributed by atoms with Crippen molar-refractivity contribution in [2.24, 2.45) is 5.92 Å². The molecule has 3 fully saturated rings. The number of thioether (sulfide) groups is 1. The van der Waals surface area contributed by atoms with Crippen LogP contribution in [-0.2, 0) is 33.2 Å². The van der Waals surface area contributed by atoms with Crippen LogP contribution < -0.4 is 20.9 Å². The minimum Gasteiger partial charge on any atom is -0.493 e. The van der Waals surface area contributed by atoms with Crippen molar-refractivity contribution in [2.75, 3.05) is 51.3 Å². The van der Waals surface area contributed by atoms with Crippen LogP contribution >= 0.6 is 11.8 Å². The second-order valence-corrected chi connectivity index (χ2v) is 14.7. The molecule has 5 heterocycles. The van der Waals surface area contributed by atoms with Gasteiger partial charge in [0.15, 0.2) is 0 Å². The quantitative estimate of drug-likeness (QED) is 0.258. The maximum absolute atomic E-state index is 15.0. The Hall–Kier alpha value is -3.52. The standard InChI is InChI=1S/C35H43FN6O5S/c36-28-16-26(17-30-33(28)35(45)39-31(38-30)21-48-27-7-13-46-14-8-27)47-20-22-5-9-41(10-6-22)11-12-42-18-23-1-2-25(15-24(23)19-42)37-29-3-4-32(43)40-34(29)44/h1-2,15-17,22,27,29,37H,3-14,18-21H2,(H,38,39,45)(H,40,43,44). The fourth-order valence-corrected chi connectivity index (χ4v) is 8.11. The van der Waals surface area contributed by atoms with Crippen LogP contribution in [0.5, 0.6) is 5.75 Å². The zero-order valence-electron chi connectivity index (χ0n) is 27.1. The lowest BCUT2D eigenvalue weighted by Gasteiger charge is -2.32. The monoisotopic (exact) mass is 678 g/mol. The summed E-state index contributed by atoms with van der Waals surface area (Å²) in [6.07, 6.45) is 4.86. The number of rotatable bonds is 11. The highest BCUT2D eigenvalue weighted by Crippen LogP contribution is 2.29. The van der Waals surface area contributed by atoms with Crippen molar-refractivity contribution in [3.63, 3.8) is 0 Å². The number of H-pyrrole nitrogens is 1. The van der Waals surface area contributed by atoms with E-state index in [1.807, 2.05) is 6.07 Å². The Labute approximate surface area is 283 Å². The summed E-state index contributed by atoms with van der Waals surface area (Å²) in [5, 5.41) is 6.15. The lowest BCUT2D eigenvalue weighted by molar-refractivity contribution is -0.133. The molecule has 4 aliphatic heterocycles. The predicted octanol–water partition coefficient (Wildman–Crippen LogP) is 3.80. The van der Waals surface area contributed by atoms with E-state index in [1.54, 1.807) is 17.8 Å². The zero-order chi connectivity index (χ0) is 33.0. The summed E-state index contributed by atoms with van der Waals surface area (Å²) < 4.78 is 26.5. The number of aromatic nitrogens is 2. The van der Waals surface area contributed by atoms with Gasteiger partial charge < -0.3 is 24.7 Å². The number of fused-ring (bicyclic) bond motifs is 2. The van der Waals surface area contributed by atoms with E-state index in [4.69, 9.17) is 9.47 Å². The van der Waals surface area contributed by atoms with Gasteiger partial charge in [-0.05, 0) is 74.4 Å². The molecule has 48 heavy (non-hydrogen) atoms. The summed E-state index contributed by atoms with van der Waals surface area (Å²) in [5.41, 5.74) is 3.38. The van der Waals surface area contributed by atoms with Crippen molar-refractivity contribution in [1.82, 2.24) is 25.1 Å². The number of imide groups is 1. The molecule has 1 atom stereocenters. The summed E-state index contributed by atoms with van der Waals surface area (Å²) in [6.45, 7) is 7.77. The van der Waals surface area contributed by atoms with Gasteiger partial charge in [0.2, 0.25) is 11.8 Å².